The van der Waals surface area contributed by atoms with Crippen LogP contribution in [-0.4, -0.2) is 47.1 Å². The highest BCUT2D eigenvalue weighted by Gasteiger charge is 2.47. The third kappa shape index (κ3) is 3.84. The van der Waals surface area contributed by atoms with Gasteiger partial charge in [0.25, 0.3) is 0 Å². The lowest BCUT2D eigenvalue weighted by Crippen LogP contribution is -2.55. The number of allylic oxidation sites excluding steroid dienone is 1. The van der Waals surface area contributed by atoms with Crippen molar-refractivity contribution in [2.24, 2.45) is 5.92 Å². The molecule has 3 heterocycles. The van der Waals surface area contributed by atoms with Gasteiger partial charge in [0, 0.05) is 24.1 Å². The van der Waals surface area contributed by atoms with Crippen LogP contribution in [0.4, 0.5) is 4.79 Å². The van der Waals surface area contributed by atoms with Gasteiger partial charge in [0.1, 0.15) is 18.2 Å². The predicted molar refractivity (Wildman–Crippen MR) is 122 cm³/mol. The Hall–Kier alpha value is -2.64. The average molecular weight is 441 g/mol. The Bertz CT molecular complexity index is 1090. The summed E-state index contributed by atoms with van der Waals surface area (Å²) < 4.78 is 11.9. The van der Waals surface area contributed by atoms with E-state index in [9.17, 15) is 14.8 Å². The van der Waals surface area contributed by atoms with E-state index in [0.29, 0.717) is 25.9 Å². The van der Waals surface area contributed by atoms with Crippen molar-refractivity contribution < 1.29 is 23.7 Å². The Morgan fingerprint density at radius 1 is 1.28 bits per heavy atom. The molecule has 3 atom stereocenters. The molecule has 7 heteroatoms. The summed E-state index contributed by atoms with van der Waals surface area (Å²) >= 11 is 0. The van der Waals surface area contributed by atoms with Crippen molar-refractivity contribution in [3.8, 4) is 0 Å². The molecule has 32 heavy (non-hydrogen) atoms. The standard InChI is InChI=1S/C25H32N2O5/c1-6-16-15-27(30)12-11-19-18-9-7-8-10-20(18)26(24(29)32-25(2,3)4)23(19)21(27)13-17(16)14-22(28)31-5/h6-10,17,21H,11-15H2,1-5H3/b16-6+/t17-,21+,27-/m1/s1. The SMILES string of the molecule is C/C=C1\C[N@+]2([O-])CCc3c(n(C(=O)OC(C)(C)C)c4ccccc34)[C@@H]2C[C@@H]1CC(=O)OC. The Kier molecular flexibility index (Phi) is 5.67. The van der Waals surface area contributed by atoms with Crippen molar-refractivity contribution in [3.05, 3.63) is 52.4 Å². The number of hydrogen-bond acceptors (Lipinski definition) is 5. The highest BCUT2D eigenvalue weighted by atomic mass is 16.6. The lowest BCUT2D eigenvalue weighted by molar-refractivity contribution is -0.914. The lowest BCUT2D eigenvalue weighted by atomic mass is 9.79. The number of hydrogen-bond donors (Lipinski definition) is 0. The van der Waals surface area contributed by atoms with Crippen LogP contribution in [0.15, 0.2) is 35.9 Å². The number of carbonyl (C=O) groups is 2. The summed E-state index contributed by atoms with van der Waals surface area (Å²) in [4.78, 5) is 25.4. The van der Waals surface area contributed by atoms with Crippen LogP contribution in [0, 0.1) is 11.1 Å². The number of nitrogens with zero attached hydrogens (tertiary/aromatic N) is 2. The highest BCUT2D eigenvalue weighted by molar-refractivity contribution is 5.94. The van der Waals surface area contributed by atoms with Gasteiger partial charge in [-0.25, -0.2) is 9.36 Å². The van der Waals surface area contributed by atoms with Crippen LogP contribution in [0.3, 0.4) is 0 Å². The average Bonchev–Trinajstić information content (AvgIpc) is 3.07. The molecule has 2 aliphatic heterocycles. The molecule has 1 fully saturated rings. The monoisotopic (exact) mass is 440 g/mol. The van der Waals surface area contributed by atoms with E-state index in [1.165, 1.54) is 7.11 Å². The second-order valence-electron chi connectivity index (χ2n) is 9.87. The van der Waals surface area contributed by atoms with Gasteiger partial charge in [0.2, 0.25) is 0 Å². The molecular weight excluding hydrogens is 408 g/mol. The minimum Gasteiger partial charge on any atom is -0.632 e. The number of rotatable bonds is 2. The van der Waals surface area contributed by atoms with Crippen molar-refractivity contribution in [1.82, 2.24) is 4.57 Å². The molecule has 0 bridgehead atoms. The van der Waals surface area contributed by atoms with Crippen LogP contribution in [0.2, 0.25) is 0 Å². The van der Waals surface area contributed by atoms with E-state index in [1.54, 1.807) is 4.57 Å². The zero-order valence-electron chi connectivity index (χ0n) is 19.5. The van der Waals surface area contributed by atoms with Gasteiger partial charge < -0.3 is 19.3 Å². The van der Waals surface area contributed by atoms with E-state index in [2.05, 4.69) is 0 Å². The van der Waals surface area contributed by atoms with Crippen LogP contribution in [0.5, 0.6) is 0 Å². The molecule has 2 aliphatic rings. The summed E-state index contributed by atoms with van der Waals surface area (Å²) in [5, 5.41) is 15.1. The summed E-state index contributed by atoms with van der Waals surface area (Å²) in [6.45, 7) is 8.19. The number of piperidine rings is 1. The fraction of sp³-hybridized carbons (Fsp3) is 0.520. The molecule has 0 N–H and O–H groups in total. The Morgan fingerprint density at radius 2 is 2.00 bits per heavy atom. The molecule has 4 rings (SSSR count). The third-order valence-electron chi connectivity index (χ3n) is 6.71. The summed E-state index contributed by atoms with van der Waals surface area (Å²) in [6, 6.07) is 7.31. The normalized spacial score (nSPS) is 26.5. The Balaban J connectivity index is 1.87. The molecule has 2 aromatic rings. The van der Waals surface area contributed by atoms with Crippen LogP contribution in [-0.2, 0) is 20.7 Å². The minimum atomic E-state index is -0.661. The van der Waals surface area contributed by atoms with E-state index in [1.807, 2.05) is 58.0 Å². The lowest BCUT2D eigenvalue weighted by Gasteiger charge is -2.56. The molecule has 0 aliphatic carbocycles. The summed E-state index contributed by atoms with van der Waals surface area (Å²) in [5.74, 6) is -0.377. The number of ether oxygens (including phenoxy) is 2. The van der Waals surface area contributed by atoms with E-state index in [-0.39, 0.29) is 18.3 Å². The fourth-order valence-electron chi connectivity index (χ4n) is 5.30. The van der Waals surface area contributed by atoms with Gasteiger partial charge in [-0.3, -0.25) is 4.79 Å². The van der Waals surface area contributed by atoms with Gasteiger partial charge in [-0.1, -0.05) is 24.3 Å². The van der Waals surface area contributed by atoms with Gasteiger partial charge in [0.15, 0.2) is 0 Å². The van der Waals surface area contributed by atoms with Crippen molar-refractivity contribution in [1.29, 1.82) is 0 Å². The first-order chi connectivity index (χ1) is 15.1. The first kappa shape index (κ1) is 22.6. The number of methoxy groups -OCH3 is 1. The second kappa shape index (κ2) is 8.05. The van der Waals surface area contributed by atoms with Gasteiger partial charge in [-0.15, -0.1) is 0 Å². The summed E-state index contributed by atoms with van der Waals surface area (Å²) in [7, 11) is 1.38. The quantitative estimate of drug-likeness (QED) is 0.288. The molecule has 1 saturated heterocycles. The maximum atomic E-state index is 14.1. The molecule has 0 unspecified atom stereocenters. The molecule has 0 spiro atoms. The summed E-state index contributed by atoms with van der Waals surface area (Å²) in [5.41, 5.74) is 2.88. The number of fused-ring (bicyclic) bond motifs is 5. The van der Waals surface area contributed by atoms with Gasteiger partial charge >= 0.3 is 12.1 Å². The number of quaternary nitrogens is 1. The first-order valence-corrected chi connectivity index (χ1v) is 11.2. The molecule has 0 saturated carbocycles. The smallest absolute Gasteiger partial charge is 0.419 e. The summed E-state index contributed by atoms with van der Waals surface area (Å²) in [6.07, 6.45) is 2.81. The largest absolute Gasteiger partial charge is 0.632 e. The molecule has 7 nitrogen and oxygen atoms in total. The van der Waals surface area contributed by atoms with E-state index < -0.39 is 22.4 Å². The number of carbonyl (C=O) groups excluding carboxylic acids is 2. The maximum absolute atomic E-state index is 14.1. The van der Waals surface area contributed by atoms with E-state index in [0.717, 1.165) is 27.7 Å². The Labute approximate surface area is 188 Å². The number of hydroxylamine groups is 3. The predicted octanol–water partition coefficient (Wildman–Crippen LogP) is 4.87. The zero-order chi connectivity index (χ0) is 23.3. The first-order valence-electron chi connectivity index (χ1n) is 11.2. The molecule has 172 valence electrons. The van der Waals surface area contributed by atoms with Crippen molar-refractivity contribution in [2.75, 3.05) is 20.2 Å². The second-order valence-corrected chi connectivity index (χ2v) is 9.87. The van der Waals surface area contributed by atoms with E-state index in [4.69, 9.17) is 9.47 Å². The van der Waals surface area contributed by atoms with Crippen LogP contribution < -0.4 is 0 Å². The van der Waals surface area contributed by atoms with Crippen LogP contribution in [0.1, 0.15) is 57.8 Å². The highest BCUT2D eigenvalue weighted by Crippen LogP contribution is 2.49. The van der Waals surface area contributed by atoms with Crippen LogP contribution >= 0.6 is 0 Å². The number of para-hydroxylation sites is 1. The van der Waals surface area contributed by atoms with Crippen molar-refractivity contribution >= 4 is 23.0 Å². The van der Waals surface area contributed by atoms with Crippen molar-refractivity contribution in [2.45, 2.75) is 58.6 Å². The third-order valence-corrected chi connectivity index (χ3v) is 6.71. The van der Waals surface area contributed by atoms with Crippen molar-refractivity contribution in [3.63, 3.8) is 0 Å². The topological polar surface area (TPSA) is 80.6 Å². The fourth-order valence-corrected chi connectivity index (χ4v) is 5.30. The van der Waals surface area contributed by atoms with Gasteiger partial charge in [-0.05, 0) is 44.9 Å². The molecular formula is C25H32N2O5. The van der Waals surface area contributed by atoms with E-state index >= 15 is 0 Å². The van der Waals surface area contributed by atoms with Gasteiger partial charge in [-0.2, -0.15) is 0 Å². The minimum absolute atomic E-state index is 0.0892. The van der Waals surface area contributed by atoms with Gasteiger partial charge in [0.05, 0.1) is 31.3 Å². The number of esters is 1. The van der Waals surface area contributed by atoms with Crippen LogP contribution in [0.25, 0.3) is 10.9 Å². The number of benzene rings is 1. The zero-order valence-corrected chi connectivity index (χ0v) is 19.5. The molecule has 1 aromatic heterocycles. The molecule has 0 radical (unpaired) electrons. The molecule has 1 aromatic carbocycles. The maximum Gasteiger partial charge on any atom is 0.419 e. The Morgan fingerprint density at radius 3 is 2.66 bits per heavy atom. The molecule has 0 amide bonds. The number of aromatic nitrogens is 1.